The van der Waals surface area contributed by atoms with Crippen LogP contribution in [0.4, 0.5) is 0 Å². The van der Waals surface area contributed by atoms with Gasteiger partial charge in [0.1, 0.15) is 5.75 Å². The van der Waals surface area contributed by atoms with Crippen LogP contribution >= 0.6 is 15.9 Å². The van der Waals surface area contributed by atoms with E-state index < -0.39 is 17.7 Å². The second-order valence-corrected chi connectivity index (χ2v) is 5.83. The Morgan fingerprint density at radius 1 is 1.23 bits per heavy atom. The molecule has 0 atom stereocenters. The fourth-order valence-electron chi connectivity index (χ4n) is 1.56. The summed E-state index contributed by atoms with van der Waals surface area (Å²) < 4.78 is 6.04. The summed E-state index contributed by atoms with van der Waals surface area (Å²) in [7, 11) is 0. The molecule has 0 radical (unpaired) electrons. The number of carbonyl (C=O) groups excluding carboxylic acids is 3. The summed E-state index contributed by atoms with van der Waals surface area (Å²) in [6.45, 7) is 1.65. The predicted molar refractivity (Wildman–Crippen MR) is 81.8 cm³/mol. The number of benzene rings is 1. The first-order valence-electron chi connectivity index (χ1n) is 6.74. The second-order valence-electron chi connectivity index (χ2n) is 4.97. The van der Waals surface area contributed by atoms with Crippen LogP contribution in [0, 0.1) is 6.92 Å². The lowest BCUT2D eigenvalue weighted by Gasteiger charge is -2.10. The van der Waals surface area contributed by atoms with E-state index in [0.717, 1.165) is 22.9 Å². The minimum Gasteiger partial charge on any atom is -0.483 e. The highest BCUT2D eigenvalue weighted by molar-refractivity contribution is 9.10. The molecule has 0 bridgehead atoms. The normalized spacial score (nSPS) is 13.2. The molecule has 0 spiro atoms. The summed E-state index contributed by atoms with van der Waals surface area (Å²) in [6.07, 6.45) is 1.76. The summed E-state index contributed by atoms with van der Waals surface area (Å²) in [4.78, 5) is 34.3. The molecule has 7 nitrogen and oxygen atoms in total. The lowest BCUT2D eigenvalue weighted by atomic mass is 10.2. The molecule has 3 N–H and O–H groups in total. The number of halogens is 1. The van der Waals surface area contributed by atoms with Gasteiger partial charge in [-0.3, -0.25) is 25.2 Å². The molecule has 0 heterocycles. The molecule has 1 aliphatic carbocycles. The van der Waals surface area contributed by atoms with Crippen LogP contribution in [0.25, 0.3) is 0 Å². The van der Waals surface area contributed by atoms with Crippen LogP contribution in [0.3, 0.4) is 0 Å². The van der Waals surface area contributed by atoms with E-state index in [1.54, 1.807) is 6.07 Å². The Morgan fingerprint density at radius 3 is 2.59 bits per heavy atom. The Kier molecular flexibility index (Phi) is 5.37. The van der Waals surface area contributed by atoms with E-state index in [1.165, 1.54) is 0 Å². The molecule has 2 rings (SSSR count). The van der Waals surface area contributed by atoms with Crippen molar-refractivity contribution in [3.63, 3.8) is 0 Å². The zero-order valence-corrected chi connectivity index (χ0v) is 13.5. The lowest BCUT2D eigenvalue weighted by molar-refractivity contribution is -0.141. The molecule has 0 unspecified atom stereocenters. The number of hydrazine groups is 1. The molecule has 22 heavy (non-hydrogen) atoms. The van der Waals surface area contributed by atoms with Crippen molar-refractivity contribution in [1.29, 1.82) is 0 Å². The monoisotopic (exact) mass is 369 g/mol. The number of hydrogen-bond acceptors (Lipinski definition) is 4. The molecule has 118 valence electrons. The maximum absolute atomic E-state index is 11.6. The third-order valence-electron chi connectivity index (χ3n) is 2.88. The van der Waals surface area contributed by atoms with Gasteiger partial charge < -0.3 is 10.1 Å². The van der Waals surface area contributed by atoms with Crippen LogP contribution in [-0.4, -0.2) is 30.4 Å². The summed E-state index contributed by atoms with van der Waals surface area (Å²) in [5, 5.41) is 2.51. The zero-order valence-electron chi connectivity index (χ0n) is 11.9. The molecule has 0 aromatic heterocycles. The van der Waals surface area contributed by atoms with Gasteiger partial charge in [-0.2, -0.15) is 0 Å². The number of nitrogens with one attached hydrogen (secondary N) is 3. The van der Waals surface area contributed by atoms with Gasteiger partial charge in [-0.1, -0.05) is 6.07 Å². The quantitative estimate of drug-likeness (QED) is 0.533. The van der Waals surface area contributed by atoms with Crippen molar-refractivity contribution in [2.45, 2.75) is 25.8 Å². The van der Waals surface area contributed by atoms with Gasteiger partial charge in [0.2, 0.25) is 0 Å². The van der Waals surface area contributed by atoms with Crippen LogP contribution in [0.5, 0.6) is 5.75 Å². The topological polar surface area (TPSA) is 96.5 Å². The molecule has 0 aliphatic heterocycles. The predicted octanol–water partition coefficient (Wildman–Crippen LogP) is 0.562. The summed E-state index contributed by atoms with van der Waals surface area (Å²) in [6, 6.07) is 5.52. The maximum atomic E-state index is 11.6. The molecular weight excluding hydrogens is 354 g/mol. The number of hydrogen-bond donors (Lipinski definition) is 3. The van der Waals surface area contributed by atoms with Crippen LogP contribution in [0.15, 0.2) is 22.7 Å². The zero-order chi connectivity index (χ0) is 16.1. The number of aryl methyl sites for hydroxylation is 1. The molecule has 1 aromatic rings. The Balaban J connectivity index is 1.71. The van der Waals surface area contributed by atoms with Gasteiger partial charge >= 0.3 is 11.8 Å². The van der Waals surface area contributed by atoms with E-state index >= 15 is 0 Å². The van der Waals surface area contributed by atoms with Crippen LogP contribution in [-0.2, 0) is 14.4 Å². The van der Waals surface area contributed by atoms with Crippen molar-refractivity contribution in [3.8, 4) is 5.75 Å². The van der Waals surface area contributed by atoms with Crippen LogP contribution < -0.4 is 20.9 Å². The fraction of sp³-hybridized carbons (Fsp3) is 0.357. The van der Waals surface area contributed by atoms with Crippen LogP contribution in [0.1, 0.15) is 18.4 Å². The molecule has 3 amide bonds. The van der Waals surface area contributed by atoms with Gasteiger partial charge in [0.25, 0.3) is 5.91 Å². The molecule has 8 heteroatoms. The van der Waals surface area contributed by atoms with Crippen LogP contribution in [0.2, 0.25) is 0 Å². The Hall–Kier alpha value is -2.09. The molecule has 1 saturated carbocycles. The number of amides is 3. The standard InChI is InChI=1S/C14H16BrN3O4/c1-8-2-5-11(10(15)6-8)22-7-12(19)17-18-14(21)13(20)16-9-3-4-9/h2,5-6,9H,3-4,7H2,1H3,(H,16,20)(H,17,19)(H,18,21). The van der Waals surface area contributed by atoms with E-state index in [9.17, 15) is 14.4 Å². The highest BCUT2D eigenvalue weighted by atomic mass is 79.9. The molecular formula is C14H16BrN3O4. The fourth-order valence-corrected chi connectivity index (χ4v) is 2.17. The van der Waals surface area contributed by atoms with Crippen molar-refractivity contribution >= 4 is 33.7 Å². The van der Waals surface area contributed by atoms with E-state index in [1.807, 2.05) is 24.5 Å². The Labute approximate surface area is 135 Å². The number of carbonyl (C=O) groups is 3. The van der Waals surface area contributed by atoms with Gasteiger partial charge in [0.05, 0.1) is 4.47 Å². The molecule has 1 aliphatic rings. The largest absolute Gasteiger partial charge is 0.483 e. The minimum absolute atomic E-state index is 0.0798. The first kappa shape index (κ1) is 16.3. The number of rotatable bonds is 4. The van der Waals surface area contributed by atoms with E-state index in [-0.39, 0.29) is 12.6 Å². The summed E-state index contributed by atoms with van der Waals surface area (Å²) in [5.41, 5.74) is 5.20. The van der Waals surface area contributed by atoms with Crippen molar-refractivity contribution in [1.82, 2.24) is 16.2 Å². The third-order valence-corrected chi connectivity index (χ3v) is 3.50. The highest BCUT2D eigenvalue weighted by Crippen LogP contribution is 2.25. The lowest BCUT2D eigenvalue weighted by Crippen LogP contribution is -2.50. The maximum Gasteiger partial charge on any atom is 0.327 e. The van der Waals surface area contributed by atoms with Crippen molar-refractivity contribution in [2.24, 2.45) is 0 Å². The minimum atomic E-state index is -0.906. The average Bonchev–Trinajstić information content (AvgIpc) is 3.27. The molecule has 1 fully saturated rings. The van der Waals surface area contributed by atoms with Gasteiger partial charge in [-0.25, -0.2) is 0 Å². The Morgan fingerprint density at radius 2 is 1.95 bits per heavy atom. The first-order chi connectivity index (χ1) is 10.5. The SMILES string of the molecule is Cc1ccc(OCC(=O)NNC(=O)C(=O)NC2CC2)c(Br)c1. The van der Waals surface area contributed by atoms with Gasteiger partial charge in [-0.05, 0) is 53.4 Å². The number of ether oxygens (including phenoxy) is 1. The highest BCUT2D eigenvalue weighted by Gasteiger charge is 2.26. The van der Waals surface area contributed by atoms with Crippen molar-refractivity contribution < 1.29 is 19.1 Å². The van der Waals surface area contributed by atoms with E-state index in [2.05, 4.69) is 26.7 Å². The smallest absolute Gasteiger partial charge is 0.327 e. The van der Waals surface area contributed by atoms with Gasteiger partial charge in [0.15, 0.2) is 6.61 Å². The van der Waals surface area contributed by atoms with Gasteiger partial charge in [0, 0.05) is 6.04 Å². The molecule has 1 aromatic carbocycles. The Bertz CT molecular complexity index is 602. The summed E-state index contributed by atoms with van der Waals surface area (Å²) >= 11 is 3.33. The average molecular weight is 370 g/mol. The second kappa shape index (κ2) is 7.26. The molecule has 0 saturated heterocycles. The first-order valence-corrected chi connectivity index (χ1v) is 7.53. The van der Waals surface area contributed by atoms with Crippen molar-refractivity contribution in [2.75, 3.05) is 6.61 Å². The van der Waals surface area contributed by atoms with E-state index in [0.29, 0.717) is 5.75 Å². The summed E-state index contributed by atoms with van der Waals surface area (Å²) in [5.74, 6) is -1.72. The van der Waals surface area contributed by atoms with Gasteiger partial charge in [-0.15, -0.1) is 0 Å². The van der Waals surface area contributed by atoms with E-state index in [4.69, 9.17) is 4.74 Å². The third kappa shape index (κ3) is 5.03. The van der Waals surface area contributed by atoms with Crippen molar-refractivity contribution in [3.05, 3.63) is 28.2 Å².